The molecule has 0 spiro atoms. The standard InChI is InChI=1S/C24H20N2/c1-17-7-3-9-19(15-17)23-13-6-14-24(26-23)21-11-5-10-20(16-21)22-12-4-8-18(2)25-22/h3-16H,1-2H3. The van der Waals surface area contributed by atoms with Crippen molar-refractivity contribution in [3.63, 3.8) is 0 Å². The van der Waals surface area contributed by atoms with Gasteiger partial charge < -0.3 is 0 Å². The number of benzene rings is 2. The summed E-state index contributed by atoms with van der Waals surface area (Å²) in [6, 6.07) is 29.1. The lowest BCUT2D eigenvalue weighted by atomic mass is 10.0. The Kier molecular flexibility index (Phi) is 4.32. The Balaban J connectivity index is 1.75. The van der Waals surface area contributed by atoms with Crippen LogP contribution in [-0.4, -0.2) is 9.97 Å². The summed E-state index contributed by atoms with van der Waals surface area (Å²) in [6.07, 6.45) is 0. The summed E-state index contributed by atoms with van der Waals surface area (Å²) in [4.78, 5) is 9.52. The summed E-state index contributed by atoms with van der Waals surface area (Å²) in [5, 5.41) is 0. The van der Waals surface area contributed by atoms with Gasteiger partial charge in [0.25, 0.3) is 0 Å². The van der Waals surface area contributed by atoms with Crippen molar-refractivity contribution in [1.29, 1.82) is 0 Å². The van der Waals surface area contributed by atoms with Gasteiger partial charge in [0.1, 0.15) is 0 Å². The van der Waals surface area contributed by atoms with Crippen molar-refractivity contribution in [2.75, 3.05) is 0 Å². The van der Waals surface area contributed by atoms with E-state index in [2.05, 4.69) is 78.6 Å². The zero-order chi connectivity index (χ0) is 17.9. The highest BCUT2D eigenvalue weighted by atomic mass is 14.7. The van der Waals surface area contributed by atoms with E-state index in [9.17, 15) is 0 Å². The Morgan fingerprint density at radius 2 is 1.00 bits per heavy atom. The van der Waals surface area contributed by atoms with Crippen LogP contribution in [0.4, 0.5) is 0 Å². The van der Waals surface area contributed by atoms with Crippen LogP contribution in [0.15, 0.2) is 84.9 Å². The maximum Gasteiger partial charge on any atom is 0.0709 e. The van der Waals surface area contributed by atoms with Gasteiger partial charge in [-0.05, 0) is 50.2 Å². The average molecular weight is 336 g/mol. The first-order valence-electron chi connectivity index (χ1n) is 8.78. The van der Waals surface area contributed by atoms with Crippen LogP contribution in [0.5, 0.6) is 0 Å². The summed E-state index contributed by atoms with van der Waals surface area (Å²) >= 11 is 0. The average Bonchev–Trinajstić information content (AvgIpc) is 2.68. The first kappa shape index (κ1) is 16.2. The molecule has 2 aromatic heterocycles. The Morgan fingerprint density at radius 1 is 0.500 bits per heavy atom. The fourth-order valence-electron chi connectivity index (χ4n) is 3.10. The van der Waals surface area contributed by atoms with E-state index >= 15 is 0 Å². The maximum absolute atomic E-state index is 4.89. The van der Waals surface area contributed by atoms with Crippen LogP contribution in [0.3, 0.4) is 0 Å². The molecule has 0 N–H and O–H groups in total. The molecule has 0 saturated carbocycles. The number of pyridine rings is 2. The Morgan fingerprint density at radius 3 is 1.62 bits per heavy atom. The van der Waals surface area contributed by atoms with E-state index in [-0.39, 0.29) is 0 Å². The van der Waals surface area contributed by atoms with E-state index in [1.165, 1.54) is 5.56 Å². The third-order valence-electron chi connectivity index (χ3n) is 4.41. The first-order chi connectivity index (χ1) is 12.7. The fraction of sp³-hybridized carbons (Fsp3) is 0.0833. The van der Waals surface area contributed by atoms with Gasteiger partial charge in [0.2, 0.25) is 0 Å². The molecule has 0 amide bonds. The van der Waals surface area contributed by atoms with Gasteiger partial charge in [-0.25, -0.2) is 4.98 Å². The predicted molar refractivity (Wildman–Crippen MR) is 108 cm³/mol. The highest BCUT2D eigenvalue weighted by Gasteiger charge is 2.06. The van der Waals surface area contributed by atoms with Crippen molar-refractivity contribution < 1.29 is 0 Å². The minimum atomic E-state index is 0.971. The molecule has 0 saturated heterocycles. The third kappa shape index (κ3) is 3.40. The Bertz CT molecular complexity index is 980. The Labute approximate surface area is 154 Å². The fourth-order valence-corrected chi connectivity index (χ4v) is 3.10. The van der Waals surface area contributed by atoms with Crippen molar-refractivity contribution >= 4 is 0 Å². The quantitative estimate of drug-likeness (QED) is 0.452. The molecule has 0 fully saturated rings. The number of hydrogen-bond donors (Lipinski definition) is 0. The molecule has 0 bridgehead atoms. The first-order valence-corrected chi connectivity index (χ1v) is 8.78. The second kappa shape index (κ2) is 6.93. The molecule has 26 heavy (non-hydrogen) atoms. The number of aryl methyl sites for hydroxylation is 2. The van der Waals surface area contributed by atoms with Crippen molar-refractivity contribution in [1.82, 2.24) is 9.97 Å². The van der Waals surface area contributed by atoms with E-state index in [0.717, 1.165) is 39.5 Å². The van der Waals surface area contributed by atoms with Crippen LogP contribution in [0, 0.1) is 13.8 Å². The molecular weight excluding hydrogens is 316 g/mol. The van der Waals surface area contributed by atoms with E-state index in [1.807, 2.05) is 25.1 Å². The van der Waals surface area contributed by atoms with Gasteiger partial charge in [-0.2, -0.15) is 0 Å². The normalized spacial score (nSPS) is 10.7. The van der Waals surface area contributed by atoms with Crippen LogP contribution in [0.25, 0.3) is 33.8 Å². The van der Waals surface area contributed by atoms with Crippen LogP contribution < -0.4 is 0 Å². The van der Waals surface area contributed by atoms with Gasteiger partial charge in [-0.1, -0.05) is 54.1 Å². The van der Waals surface area contributed by atoms with Crippen molar-refractivity contribution in [2.45, 2.75) is 13.8 Å². The Hall–Kier alpha value is -3.26. The lowest BCUT2D eigenvalue weighted by Gasteiger charge is -2.08. The SMILES string of the molecule is Cc1cccc(-c2cccc(-c3cccc(-c4cccc(C)n4)c3)n2)c1. The summed E-state index contributed by atoms with van der Waals surface area (Å²) in [5.74, 6) is 0. The largest absolute Gasteiger partial charge is 0.253 e. The number of nitrogens with zero attached hydrogens (tertiary/aromatic N) is 2. The molecule has 4 aromatic rings. The molecule has 0 aliphatic rings. The molecule has 0 atom stereocenters. The molecule has 0 aliphatic carbocycles. The molecule has 126 valence electrons. The minimum absolute atomic E-state index is 0.971. The van der Waals surface area contributed by atoms with E-state index in [1.54, 1.807) is 0 Å². The summed E-state index contributed by atoms with van der Waals surface area (Å²) in [6.45, 7) is 4.12. The summed E-state index contributed by atoms with van der Waals surface area (Å²) in [5.41, 5.74) is 8.55. The maximum atomic E-state index is 4.89. The molecule has 2 heteroatoms. The zero-order valence-corrected chi connectivity index (χ0v) is 15.0. The molecule has 0 radical (unpaired) electrons. The third-order valence-corrected chi connectivity index (χ3v) is 4.41. The summed E-state index contributed by atoms with van der Waals surface area (Å²) < 4.78 is 0. The topological polar surface area (TPSA) is 25.8 Å². The second-order valence-electron chi connectivity index (χ2n) is 6.52. The highest BCUT2D eigenvalue weighted by Crippen LogP contribution is 2.26. The number of hydrogen-bond acceptors (Lipinski definition) is 2. The molecule has 0 aliphatic heterocycles. The van der Waals surface area contributed by atoms with Gasteiger partial charge in [0.05, 0.1) is 17.1 Å². The summed E-state index contributed by atoms with van der Waals surface area (Å²) in [7, 11) is 0. The van der Waals surface area contributed by atoms with E-state index in [4.69, 9.17) is 4.98 Å². The number of rotatable bonds is 3. The lowest BCUT2D eigenvalue weighted by Crippen LogP contribution is -1.90. The molecule has 2 aromatic carbocycles. The van der Waals surface area contributed by atoms with Crippen LogP contribution in [-0.2, 0) is 0 Å². The smallest absolute Gasteiger partial charge is 0.0709 e. The van der Waals surface area contributed by atoms with Gasteiger partial charge in [0.15, 0.2) is 0 Å². The van der Waals surface area contributed by atoms with Crippen LogP contribution in [0.1, 0.15) is 11.3 Å². The minimum Gasteiger partial charge on any atom is -0.253 e. The molecular formula is C24H20N2. The second-order valence-corrected chi connectivity index (χ2v) is 6.52. The predicted octanol–water partition coefficient (Wildman–Crippen LogP) is 6.09. The van der Waals surface area contributed by atoms with Gasteiger partial charge in [-0.15, -0.1) is 0 Å². The molecule has 4 rings (SSSR count). The van der Waals surface area contributed by atoms with Crippen LogP contribution >= 0.6 is 0 Å². The van der Waals surface area contributed by atoms with E-state index in [0.29, 0.717) is 0 Å². The zero-order valence-electron chi connectivity index (χ0n) is 15.0. The van der Waals surface area contributed by atoms with Gasteiger partial charge >= 0.3 is 0 Å². The number of aromatic nitrogens is 2. The monoisotopic (exact) mass is 336 g/mol. The van der Waals surface area contributed by atoms with Crippen LogP contribution in [0.2, 0.25) is 0 Å². The highest BCUT2D eigenvalue weighted by molar-refractivity contribution is 5.71. The van der Waals surface area contributed by atoms with Crippen molar-refractivity contribution in [2.24, 2.45) is 0 Å². The molecule has 2 nitrogen and oxygen atoms in total. The lowest BCUT2D eigenvalue weighted by molar-refractivity contribution is 1.20. The van der Waals surface area contributed by atoms with Gasteiger partial charge in [0, 0.05) is 22.4 Å². The molecule has 2 heterocycles. The molecule has 0 unspecified atom stereocenters. The van der Waals surface area contributed by atoms with Gasteiger partial charge in [-0.3, -0.25) is 4.98 Å². The van der Waals surface area contributed by atoms with Crippen molar-refractivity contribution in [3.05, 3.63) is 96.2 Å². The van der Waals surface area contributed by atoms with E-state index < -0.39 is 0 Å². The van der Waals surface area contributed by atoms with Crippen molar-refractivity contribution in [3.8, 4) is 33.8 Å².